The Hall–Kier alpha value is -4.12. The van der Waals surface area contributed by atoms with Gasteiger partial charge in [-0.15, -0.1) is 0 Å². The number of halogens is 1. The number of anilines is 4. The standard InChI is InChI=1S/C25H24FN9S/c1-14-18(10-28-12-20(14)33-36-2)17-7-15-8-21(30-11-19(15)25(27)24(17)26)31-22-9-16-3-5-34-6-4-29-23(34)13-35(16)32-22/h4,6-12,33H,3,5,13,27H2,1-2H3,(H,30,31,32). The molecule has 0 unspecified atom stereocenters. The Balaban J connectivity index is 1.35. The van der Waals surface area contributed by atoms with Crippen LogP contribution in [0.3, 0.4) is 0 Å². The summed E-state index contributed by atoms with van der Waals surface area (Å²) < 4.78 is 22.7. The van der Waals surface area contributed by atoms with Gasteiger partial charge in [0.25, 0.3) is 0 Å². The minimum atomic E-state index is -0.479. The molecule has 0 aliphatic carbocycles. The molecule has 0 radical (unpaired) electrons. The van der Waals surface area contributed by atoms with Crippen molar-refractivity contribution in [3.63, 3.8) is 0 Å². The minimum absolute atomic E-state index is 0.0633. The van der Waals surface area contributed by atoms with Gasteiger partial charge in [0.1, 0.15) is 11.6 Å². The van der Waals surface area contributed by atoms with E-state index in [-0.39, 0.29) is 5.69 Å². The van der Waals surface area contributed by atoms with Crippen LogP contribution in [0.2, 0.25) is 0 Å². The van der Waals surface area contributed by atoms with Gasteiger partial charge < -0.3 is 20.3 Å². The molecule has 1 aliphatic heterocycles. The lowest BCUT2D eigenvalue weighted by Crippen LogP contribution is -2.06. The van der Waals surface area contributed by atoms with Crippen LogP contribution in [0.1, 0.15) is 17.1 Å². The first-order valence-electron chi connectivity index (χ1n) is 11.5. The van der Waals surface area contributed by atoms with Crippen molar-refractivity contribution >= 4 is 45.7 Å². The summed E-state index contributed by atoms with van der Waals surface area (Å²) in [6.45, 7) is 3.42. The van der Waals surface area contributed by atoms with E-state index in [0.717, 1.165) is 41.1 Å². The summed E-state index contributed by atoms with van der Waals surface area (Å²) in [6, 6.07) is 5.68. The average Bonchev–Trinajstić information content (AvgIpc) is 3.44. The van der Waals surface area contributed by atoms with Gasteiger partial charge in [-0.1, -0.05) is 11.9 Å². The topological polar surface area (TPSA) is 112 Å². The van der Waals surface area contributed by atoms with E-state index in [2.05, 4.69) is 29.6 Å². The summed E-state index contributed by atoms with van der Waals surface area (Å²) in [7, 11) is 0. The van der Waals surface area contributed by atoms with E-state index in [9.17, 15) is 0 Å². The molecule has 1 aliphatic rings. The Morgan fingerprint density at radius 2 is 1.97 bits per heavy atom. The average molecular weight is 502 g/mol. The third-order valence-corrected chi connectivity index (χ3v) is 6.96. The number of nitrogens with two attached hydrogens (primary N) is 1. The zero-order valence-corrected chi connectivity index (χ0v) is 20.6. The maximum absolute atomic E-state index is 15.4. The number of benzene rings is 1. The Morgan fingerprint density at radius 1 is 1.08 bits per heavy atom. The minimum Gasteiger partial charge on any atom is -0.396 e. The first kappa shape index (κ1) is 22.4. The molecule has 11 heteroatoms. The molecule has 0 atom stereocenters. The summed E-state index contributed by atoms with van der Waals surface area (Å²) >= 11 is 1.46. The lowest BCUT2D eigenvalue weighted by molar-refractivity contribution is 0.637. The molecule has 182 valence electrons. The van der Waals surface area contributed by atoms with Crippen LogP contribution in [-0.2, 0) is 19.5 Å². The summed E-state index contributed by atoms with van der Waals surface area (Å²) in [5, 5.41) is 9.33. The fraction of sp³-hybridized carbons (Fsp3) is 0.200. The maximum Gasteiger partial charge on any atom is 0.154 e. The van der Waals surface area contributed by atoms with Crippen molar-refractivity contribution in [2.45, 2.75) is 26.4 Å². The molecule has 0 fully saturated rings. The highest BCUT2D eigenvalue weighted by atomic mass is 32.2. The number of nitrogen functional groups attached to an aromatic ring is 1. The second-order valence-corrected chi connectivity index (χ2v) is 9.31. The van der Waals surface area contributed by atoms with Crippen LogP contribution in [0.15, 0.2) is 49.2 Å². The maximum atomic E-state index is 15.4. The van der Waals surface area contributed by atoms with E-state index < -0.39 is 5.82 Å². The van der Waals surface area contributed by atoms with Gasteiger partial charge >= 0.3 is 0 Å². The number of hydrogen-bond donors (Lipinski definition) is 3. The van der Waals surface area contributed by atoms with E-state index in [1.807, 2.05) is 42.4 Å². The molecular weight excluding hydrogens is 477 g/mol. The normalized spacial score (nSPS) is 12.8. The largest absolute Gasteiger partial charge is 0.396 e. The van der Waals surface area contributed by atoms with Crippen LogP contribution in [0.25, 0.3) is 21.9 Å². The van der Waals surface area contributed by atoms with Gasteiger partial charge in [0.15, 0.2) is 11.6 Å². The number of aromatic nitrogens is 6. The summed E-state index contributed by atoms with van der Waals surface area (Å²) in [5.74, 6) is 1.80. The van der Waals surface area contributed by atoms with Crippen molar-refractivity contribution in [1.29, 1.82) is 0 Å². The van der Waals surface area contributed by atoms with Crippen molar-refractivity contribution in [3.8, 4) is 11.1 Å². The number of rotatable bonds is 5. The monoisotopic (exact) mass is 501 g/mol. The van der Waals surface area contributed by atoms with E-state index in [1.54, 1.807) is 24.7 Å². The van der Waals surface area contributed by atoms with Crippen molar-refractivity contribution < 1.29 is 4.39 Å². The fourth-order valence-electron chi connectivity index (χ4n) is 4.62. The predicted molar refractivity (Wildman–Crippen MR) is 142 cm³/mol. The molecule has 9 nitrogen and oxygen atoms in total. The van der Waals surface area contributed by atoms with Crippen LogP contribution in [-0.4, -0.2) is 35.6 Å². The van der Waals surface area contributed by atoms with Crippen LogP contribution in [0, 0.1) is 12.7 Å². The Morgan fingerprint density at radius 3 is 2.83 bits per heavy atom. The second-order valence-electron chi connectivity index (χ2n) is 8.70. The van der Waals surface area contributed by atoms with Gasteiger partial charge in [-0.05, 0) is 30.0 Å². The van der Waals surface area contributed by atoms with Gasteiger partial charge in [-0.3, -0.25) is 9.67 Å². The van der Waals surface area contributed by atoms with Gasteiger partial charge in [0.05, 0.1) is 24.1 Å². The SMILES string of the molecule is CSNc1cncc(-c2cc3cc(Nc4cc5n(n4)Cc4nccn4CC5)ncc3c(N)c2F)c1C. The van der Waals surface area contributed by atoms with Gasteiger partial charge in [0.2, 0.25) is 0 Å². The van der Waals surface area contributed by atoms with E-state index in [4.69, 9.17) is 10.8 Å². The molecule has 4 aromatic heterocycles. The molecule has 36 heavy (non-hydrogen) atoms. The number of hydrogen-bond acceptors (Lipinski definition) is 8. The first-order valence-corrected chi connectivity index (χ1v) is 12.7. The molecule has 1 aromatic carbocycles. The number of nitrogens with one attached hydrogen (secondary N) is 2. The number of fused-ring (bicyclic) bond motifs is 3. The van der Waals surface area contributed by atoms with Crippen LogP contribution >= 0.6 is 11.9 Å². The highest BCUT2D eigenvalue weighted by Gasteiger charge is 2.18. The zero-order valence-electron chi connectivity index (χ0n) is 19.8. The third-order valence-electron chi connectivity index (χ3n) is 6.54. The molecule has 6 rings (SSSR count). The van der Waals surface area contributed by atoms with E-state index >= 15 is 4.39 Å². The van der Waals surface area contributed by atoms with Crippen molar-refractivity contribution in [3.05, 3.63) is 72.1 Å². The van der Waals surface area contributed by atoms with Crippen LogP contribution in [0.5, 0.6) is 0 Å². The summed E-state index contributed by atoms with van der Waals surface area (Å²) in [5.41, 5.74) is 10.2. The number of imidazole rings is 1. The smallest absolute Gasteiger partial charge is 0.154 e. The second kappa shape index (κ2) is 8.83. The molecule has 0 bridgehead atoms. The van der Waals surface area contributed by atoms with Gasteiger partial charge in [0, 0.05) is 72.3 Å². The number of nitrogens with zero attached hydrogens (tertiary/aromatic N) is 6. The first-order chi connectivity index (χ1) is 17.5. The third kappa shape index (κ3) is 3.81. The Bertz CT molecular complexity index is 1610. The van der Waals surface area contributed by atoms with Gasteiger partial charge in [-0.2, -0.15) is 5.10 Å². The molecule has 0 spiro atoms. The van der Waals surface area contributed by atoms with Crippen molar-refractivity contribution in [2.75, 3.05) is 22.0 Å². The van der Waals surface area contributed by atoms with Gasteiger partial charge in [-0.25, -0.2) is 14.4 Å². The number of aryl methyl sites for hydroxylation is 2. The summed E-state index contributed by atoms with van der Waals surface area (Å²) in [6.07, 6.45) is 11.6. The van der Waals surface area contributed by atoms with E-state index in [1.165, 1.54) is 11.9 Å². The lowest BCUT2D eigenvalue weighted by atomic mass is 9.97. The highest BCUT2D eigenvalue weighted by Crippen LogP contribution is 2.37. The highest BCUT2D eigenvalue weighted by molar-refractivity contribution is 7.99. The molecule has 0 saturated carbocycles. The Labute approximate surface area is 211 Å². The lowest BCUT2D eigenvalue weighted by Gasteiger charge is -2.14. The van der Waals surface area contributed by atoms with Crippen molar-refractivity contribution in [2.24, 2.45) is 0 Å². The molecule has 5 heterocycles. The fourth-order valence-corrected chi connectivity index (χ4v) is 5.05. The molecular formula is C25H24FN9S. The molecule has 0 saturated heterocycles. The zero-order chi connectivity index (χ0) is 24.8. The predicted octanol–water partition coefficient (Wildman–Crippen LogP) is 4.76. The van der Waals surface area contributed by atoms with Crippen LogP contribution in [0.4, 0.5) is 27.4 Å². The molecule has 4 N–H and O–H groups in total. The summed E-state index contributed by atoms with van der Waals surface area (Å²) in [4.78, 5) is 13.2. The number of pyridine rings is 2. The molecule has 5 aromatic rings. The van der Waals surface area contributed by atoms with Crippen LogP contribution < -0.4 is 15.8 Å². The quantitative estimate of drug-likeness (QED) is 0.234. The Kier molecular flexibility index (Phi) is 5.48. The van der Waals surface area contributed by atoms with E-state index in [0.29, 0.717) is 34.7 Å². The molecule has 0 amide bonds. The van der Waals surface area contributed by atoms with Crippen molar-refractivity contribution in [1.82, 2.24) is 29.3 Å².